The van der Waals surface area contributed by atoms with Crippen LogP contribution in [0.3, 0.4) is 0 Å². The Morgan fingerprint density at radius 2 is 1.91 bits per heavy atom. The Morgan fingerprint density at radius 1 is 1.22 bits per heavy atom. The Hall–Kier alpha value is -1.27. The topological polar surface area (TPSA) is 50.1 Å². The summed E-state index contributed by atoms with van der Waals surface area (Å²) in [5, 5.41) is 12.6. The molecule has 6 heteroatoms. The fraction of sp³-hybridized carbons (Fsp3) is 0.824. The van der Waals surface area contributed by atoms with E-state index >= 15 is 0 Å². The minimum atomic E-state index is -0.0893. The van der Waals surface area contributed by atoms with Gasteiger partial charge in [0.25, 0.3) is 0 Å². The molecule has 0 radical (unpaired) electrons. The Labute approximate surface area is 140 Å². The van der Waals surface area contributed by atoms with Gasteiger partial charge < -0.3 is 0 Å². The SMILES string of the molecule is C=CCN1CCN([C@@H](CCCC)c2nnnn2C(C)(C)C)CC1. The number of tetrazole rings is 1. The zero-order chi connectivity index (χ0) is 16.9. The van der Waals surface area contributed by atoms with E-state index in [0.29, 0.717) is 6.04 Å². The number of unbranched alkanes of at least 4 members (excludes halogenated alkanes) is 1. The highest BCUT2D eigenvalue weighted by molar-refractivity contribution is 4.98. The van der Waals surface area contributed by atoms with Crippen LogP contribution in [0.2, 0.25) is 0 Å². The van der Waals surface area contributed by atoms with E-state index < -0.39 is 0 Å². The van der Waals surface area contributed by atoms with Gasteiger partial charge in [0.15, 0.2) is 5.82 Å². The highest BCUT2D eigenvalue weighted by Crippen LogP contribution is 2.28. The van der Waals surface area contributed by atoms with E-state index in [9.17, 15) is 0 Å². The lowest BCUT2D eigenvalue weighted by Gasteiger charge is -2.39. The number of aromatic nitrogens is 4. The zero-order valence-electron chi connectivity index (χ0n) is 15.2. The van der Waals surface area contributed by atoms with Crippen LogP contribution in [-0.4, -0.2) is 62.7 Å². The van der Waals surface area contributed by atoms with Gasteiger partial charge in [-0.25, -0.2) is 4.68 Å². The van der Waals surface area contributed by atoms with E-state index in [0.717, 1.165) is 45.0 Å². The molecule has 1 aromatic heterocycles. The molecule has 0 saturated carbocycles. The predicted molar refractivity (Wildman–Crippen MR) is 93.3 cm³/mol. The fourth-order valence-corrected chi connectivity index (χ4v) is 3.19. The van der Waals surface area contributed by atoms with Crippen molar-refractivity contribution in [3.05, 3.63) is 18.5 Å². The summed E-state index contributed by atoms with van der Waals surface area (Å²) in [5.41, 5.74) is -0.0893. The maximum atomic E-state index is 4.40. The van der Waals surface area contributed by atoms with Gasteiger partial charge in [0.1, 0.15) is 0 Å². The Kier molecular flexibility index (Phi) is 6.30. The second kappa shape index (κ2) is 8.02. The minimum absolute atomic E-state index is 0.0893. The van der Waals surface area contributed by atoms with Gasteiger partial charge in [-0.3, -0.25) is 9.80 Å². The molecule has 0 unspecified atom stereocenters. The first-order valence-electron chi connectivity index (χ1n) is 8.83. The largest absolute Gasteiger partial charge is 0.297 e. The molecule has 1 aromatic rings. The molecule has 6 nitrogen and oxygen atoms in total. The number of rotatable bonds is 7. The summed E-state index contributed by atoms with van der Waals surface area (Å²) in [6.45, 7) is 17.9. The third-order valence-electron chi connectivity index (χ3n) is 4.49. The lowest BCUT2D eigenvalue weighted by atomic mass is 10.0. The summed E-state index contributed by atoms with van der Waals surface area (Å²) in [6, 6.07) is 0.315. The van der Waals surface area contributed by atoms with Gasteiger partial charge in [0.05, 0.1) is 11.6 Å². The van der Waals surface area contributed by atoms with Crippen LogP contribution in [0.5, 0.6) is 0 Å². The first kappa shape index (κ1) is 18.1. The van der Waals surface area contributed by atoms with Crippen molar-refractivity contribution in [3.63, 3.8) is 0 Å². The lowest BCUT2D eigenvalue weighted by Crippen LogP contribution is -2.48. The fourth-order valence-electron chi connectivity index (χ4n) is 3.19. The molecule has 0 aliphatic carbocycles. The van der Waals surface area contributed by atoms with Crippen LogP contribution in [0.1, 0.15) is 58.8 Å². The van der Waals surface area contributed by atoms with Crippen molar-refractivity contribution < 1.29 is 0 Å². The summed E-state index contributed by atoms with van der Waals surface area (Å²) in [6.07, 6.45) is 5.51. The number of piperazine rings is 1. The summed E-state index contributed by atoms with van der Waals surface area (Å²) in [4.78, 5) is 5.01. The number of hydrogen-bond donors (Lipinski definition) is 0. The minimum Gasteiger partial charge on any atom is -0.297 e. The van der Waals surface area contributed by atoms with Gasteiger partial charge in [0.2, 0.25) is 0 Å². The van der Waals surface area contributed by atoms with Gasteiger partial charge in [-0.15, -0.1) is 11.7 Å². The van der Waals surface area contributed by atoms with Crippen LogP contribution in [0.15, 0.2) is 12.7 Å². The molecule has 0 aromatic carbocycles. The quantitative estimate of drug-likeness (QED) is 0.722. The van der Waals surface area contributed by atoms with Crippen LogP contribution in [0.25, 0.3) is 0 Å². The molecule has 0 amide bonds. The number of hydrogen-bond acceptors (Lipinski definition) is 5. The molecule has 1 aliphatic heterocycles. The summed E-state index contributed by atoms with van der Waals surface area (Å²) in [7, 11) is 0. The third kappa shape index (κ3) is 4.61. The standard InChI is InChI=1S/C17H32N6/c1-6-8-9-15(16-18-19-20-23(16)17(3,4)5)22-13-11-21(10-7-2)12-14-22/h7,15H,2,6,8-14H2,1,3-5H3/t15-/m0/s1. The van der Waals surface area contributed by atoms with Crippen LogP contribution < -0.4 is 0 Å². The molecular formula is C17H32N6. The van der Waals surface area contributed by atoms with Crippen LogP contribution in [0.4, 0.5) is 0 Å². The molecule has 2 heterocycles. The van der Waals surface area contributed by atoms with Crippen molar-refractivity contribution in [2.24, 2.45) is 0 Å². The van der Waals surface area contributed by atoms with Gasteiger partial charge in [-0.05, 0) is 37.6 Å². The van der Waals surface area contributed by atoms with Crippen molar-refractivity contribution in [1.29, 1.82) is 0 Å². The van der Waals surface area contributed by atoms with Gasteiger partial charge in [-0.1, -0.05) is 25.8 Å². The third-order valence-corrected chi connectivity index (χ3v) is 4.49. The molecule has 23 heavy (non-hydrogen) atoms. The first-order valence-corrected chi connectivity index (χ1v) is 8.83. The van der Waals surface area contributed by atoms with Crippen molar-refractivity contribution in [3.8, 4) is 0 Å². The molecule has 130 valence electrons. The predicted octanol–water partition coefficient (Wildman–Crippen LogP) is 2.46. The molecular weight excluding hydrogens is 288 g/mol. The van der Waals surface area contributed by atoms with Gasteiger partial charge in [0, 0.05) is 32.7 Å². The first-order chi connectivity index (χ1) is 11.0. The highest BCUT2D eigenvalue weighted by Gasteiger charge is 2.31. The normalized spacial score (nSPS) is 19.0. The maximum Gasteiger partial charge on any atom is 0.168 e. The van der Waals surface area contributed by atoms with E-state index in [4.69, 9.17) is 0 Å². The lowest BCUT2D eigenvalue weighted by molar-refractivity contribution is 0.0886. The van der Waals surface area contributed by atoms with E-state index in [1.54, 1.807) is 0 Å². The highest BCUT2D eigenvalue weighted by atomic mass is 15.6. The van der Waals surface area contributed by atoms with E-state index in [1.807, 2.05) is 10.8 Å². The zero-order valence-corrected chi connectivity index (χ0v) is 15.2. The molecule has 1 aliphatic rings. The Bertz CT molecular complexity index is 482. The summed E-state index contributed by atoms with van der Waals surface area (Å²) >= 11 is 0. The molecule has 1 atom stereocenters. The molecule has 0 spiro atoms. The summed E-state index contributed by atoms with van der Waals surface area (Å²) < 4.78 is 2.00. The van der Waals surface area contributed by atoms with Crippen molar-refractivity contribution in [1.82, 2.24) is 30.0 Å². The average Bonchev–Trinajstić information content (AvgIpc) is 2.99. The van der Waals surface area contributed by atoms with E-state index in [-0.39, 0.29) is 5.54 Å². The van der Waals surface area contributed by atoms with Crippen LogP contribution in [-0.2, 0) is 5.54 Å². The smallest absolute Gasteiger partial charge is 0.168 e. The van der Waals surface area contributed by atoms with Crippen LogP contribution >= 0.6 is 0 Å². The second-order valence-corrected chi connectivity index (χ2v) is 7.40. The van der Waals surface area contributed by atoms with E-state index in [1.165, 1.54) is 12.8 Å². The molecule has 2 rings (SSSR count). The average molecular weight is 320 g/mol. The summed E-state index contributed by atoms with van der Waals surface area (Å²) in [5.74, 6) is 1.02. The number of nitrogens with zero attached hydrogens (tertiary/aromatic N) is 6. The molecule has 0 bridgehead atoms. The maximum absolute atomic E-state index is 4.40. The molecule has 1 saturated heterocycles. The molecule has 0 N–H and O–H groups in total. The van der Waals surface area contributed by atoms with Crippen molar-refractivity contribution in [2.75, 3.05) is 32.7 Å². The van der Waals surface area contributed by atoms with Crippen molar-refractivity contribution in [2.45, 2.75) is 58.5 Å². The van der Waals surface area contributed by atoms with Gasteiger partial charge >= 0.3 is 0 Å². The van der Waals surface area contributed by atoms with Crippen molar-refractivity contribution >= 4 is 0 Å². The van der Waals surface area contributed by atoms with E-state index in [2.05, 4.69) is 59.6 Å². The van der Waals surface area contributed by atoms with Gasteiger partial charge in [-0.2, -0.15) is 0 Å². The Balaban J connectivity index is 2.15. The Morgan fingerprint density at radius 3 is 2.48 bits per heavy atom. The second-order valence-electron chi connectivity index (χ2n) is 7.40. The monoisotopic (exact) mass is 320 g/mol. The molecule has 1 fully saturated rings. The van der Waals surface area contributed by atoms with Crippen LogP contribution in [0, 0.1) is 0 Å².